The van der Waals surface area contributed by atoms with Crippen molar-refractivity contribution in [1.82, 2.24) is 0 Å². The predicted molar refractivity (Wildman–Crippen MR) is 96.4 cm³/mol. The van der Waals surface area contributed by atoms with Crippen molar-refractivity contribution in [2.24, 2.45) is 17.6 Å². The van der Waals surface area contributed by atoms with Gasteiger partial charge in [0.1, 0.15) is 0 Å². The highest BCUT2D eigenvalue weighted by Crippen LogP contribution is 2.37. The van der Waals surface area contributed by atoms with Crippen LogP contribution in [0.2, 0.25) is 0 Å². The van der Waals surface area contributed by atoms with E-state index in [1.54, 1.807) is 0 Å². The van der Waals surface area contributed by atoms with Gasteiger partial charge in [0, 0.05) is 26.1 Å². The summed E-state index contributed by atoms with van der Waals surface area (Å²) in [5.41, 5.74) is 8.03. The summed E-state index contributed by atoms with van der Waals surface area (Å²) >= 11 is 0. The number of carbonyl (C=O) groups is 1. The maximum atomic E-state index is 12.9. The Balaban J connectivity index is 0.00000121. The molecule has 1 aromatic carbocycles. The monoisotopic (exact) mass is 345 g/mol. The van der Waals surface area contributed by atoms with Crippen LogP contribution in [0, 0.1) is 11.8 Å². The summed E-state index contributed by atoms with van der Waals surface area (Å²) in [5.74, 6) is 0.768. The number of nitrogens with two attached hydrogens (primary N) is 1. The van der Waals surface area contributed by atoms with Crippen molar-refractivity contribution in [1.29, 1.82) is 0 Å². The number of carbonyl (C=O) groups excluding carboxylic acids is 1. The summed E-state index contributed by atoms with van der Waals surface area (Å²) in [6.45, 7) is 2.30. The van der Waals surface area contributed by atoms with E-state index in [1.165, 1.54) is 0 Å². The molecule has 0 radical (unpaired) electrons. The number of anilines is 2. The van der Waals surface area contributed by atoms with Gasteiger partial charge in [0.05, 0.1) is 11.4 Å². The molecule has 1 amide bonds. The van der Waals surface area contributed by atoms with Gasteiger partial charge in [0.2, 0.25) is 5.91 Å². The van der Waals surface area contributed by atoms with Crippen molar-refractivity contribution < 1.29 is 4.79 Å². The Morgan fingerprint density at radius 2 is 1.86 bits per heavy atom. The molecule has 1 aliphatic carbocycles. The molecule has 1 saturated carbocycles. The third-order valence-electron chi connectivity index (χ3n) is 4.79. The highest BCUT2D eigenvalue weighted by molar-refractivity contribution is 5.99. The first-order valence-corrected chi connectivity index (χ1v) is 7.54. The molecular weight excluding hydrogens is 321 g/mol. The number of rotatable bonds is 2. The molecule has 2 N–H and O–H groups in total. The van der Waals surface area contributed by atoms with E-state index in [0.29, 0.717) is 12.5 Å². The molecule has 124 valence electrons. The standard InChI is InChI=1S/C16H23N3O.2ClH/c1-18-9-10-19(15-8-3-2-7-14(15)18)16(20)13-6-4-5-12(13)11-17;;/h2-3,7-8,12-13H,4-6,9-11,17H2,1H3;2*1H/t12-,13-;;/m1../s1. The molecule has 0 bridgehead atoms. The molecule has 0 aromatic heterocycles. The van der Waals surface area contributed by atoms with E-state index in [0.717, 1.165) is 43.7 Å². The van der Waals surface area contributed by atoms with Crippen LogP contribution in [0.5, 0.6) is 0 Å². The maximum absolute atomic E-state index is 12.9. The number of hydrogen-bond donors (Lipinski definition) is 1. The summed E-state index contributed by atoms with van der Waals surface area (Å²) < 4.78 is 0. The Morgan fingerprint density at radius 1 is 1.18 bits per heavy atom. The second-order valence-corrected chi connectivity index (χ2v) is 5.93. The first-order chi connectivity index (χ1) is 9.72. The van der Waals surface area contributed by atoms with Gasteiger partial charge in [0.25, 0.3) is 0 Å². The normalized spacial score (nSPS) is 23.4. The van der Waals surface area contributed by atoms with Crippen LogP contribution in [0.1, 0.15) is 19.3 Å². The van der Waals surface area contributed by atoms with Gasteiger partial charge in [0.15, 0.2) is 0 Å². The summed E-state index contributed by atoms with van der Waals surface area (Å²) in [4.78, 5) is 17.1. The molecule has 0 saturated heterocycles. The number of amides is 1. The van der Waals surface area contributed by atoms with Gasteiger partial charge in [-0.2, -0.15) is 0 Å². The van der Waals surface area contributed by atoms with Crippen molar-refractivity contribution in [2.75, 3.05) is 36.5 Å². The molecule has 2 atom stereocenters. The number of nitrogens with zero attached hydrogens (tertiary/aromatic N) is 2. The average Bonchev–Trinajstić information content (AvgIpc) is 2.96. The highest BCUT2D eigenvalue weighted by atomic mass is 35.5. The Bertz CT molecular complexity index is 512. The molecule has 0 unspecified atom stereocenters. The molecule has 6 heteroatoms. The summed E-state index contributed by atoms with van der Waals surface area (Å²) in [6.07, 6.45) is 3.23. The molecule has 1 heterocycles. The molecule has 1 aromatic rings. The molecule has 2 aliphatic rings. The minimum atomic E-state index is 0. The number of fused-ring (bicyclic) bond motifs is 1. The lowest BCUT2D eigenvalue weighted by Gasteiger charge is -2.37. The van der Waals surface area contributed by atoms with Gasteiger partial charge >= 0.3 is 0 Å². The largest absolute Gasteiger partial charge is 0.371 e. The van der Waals surface area contributed by atoms with Crippen molar-refractivity contribution in [3.63, 3.8) is 0 Å². The molecule has 22 heavy (non-hydrogen) atoms. The Labute approximate surface area is 144 Å². The van der Waals surface area contributed by atoms with Crippen LogP contribution in [0.4, 0.5) is 11.4 Å². The van der Waals surface area contributed by atoms with Crippen LogP contribution in [0.3, 0.4) is 0 Å². The Morgan fingerprint density at radius 3 is 2.55 bits per heavy atom. The van der Waals surface area contributed by atoms with Gasteiger partial charge in [-0.25, -0.2) is 0 Å². The van der Waals surface area contributed by atoms with Gasteiger partial charge < -0.3 is 15.5 Å². The van der Waals surface area contributed by atoms with Crippen LogP contribution < -0.4 is 15.5 Å². The van der Waals surface area contributed by atoms with E-state index in [2.05, 4.69) is 24.1 Å². The molecule has 1 aliphatic heterocycles. The zero-order chi connectivity index (χ0) is 14.1. The van der Waals surface area contributed by atoms with Crippen molar-refractivity contribution in [3.8, 4) is 0 Å². The minimum Gasteiger partial charge on any atom is -0.371 e. The van der Waals surface area contributed by atoms with Crippen molar-refractivity contribution >= 4 is 42.1 Å². The summed E-state index contributed by atoms with van der Waals surface area (Å²) in [7, 11) is 2.08. The van der Waals surface area contributed by atoms with E-state index in [9.17, 15) is 4.79 Å². The zero-order valence-corrected chi connectivity index (χ0v) is 14.5. The second-order valence-electron chi connectivity index (χ2n) is 5.93. The number of hydrogen-bond acceptors (Lipinski definition) is 3. The fourth-order valence-electron chi connectivity index (χ4n) is 3.58. The first-order valence-electron chi connectivity index (χ1n) is 7.54. The first kappa shape index (κ1) is 19.1. The van der Waals surface area contributed by atoms with Gasteiger partial charge in [-0.3, -0.25) is 4.79 Å². The number of halogens is 2. The second kappa shape index (κ2) is 8.04. The molecule has 0 spiro atoms. The summed E-state index contributed by atoms with van der Waals surface area (Å²) in [6, 6.07) is 8.17. The number of likely N-dealkylation sites (N-methyl/N-ethyl adjacent to an activating group) is 1. The van der Waals surface area contributed by atoms with Crippen LogP contribution in [0.25, 0.3) is 0 Å². The fourth-order valence-corrected chi connectivity index (χ4v) is 3.58. The third-order valence-corrected chi connectivity index (χ3v) is 4.79. The minimum absolute atomic E-state index is 0. The molecule has 4 nitrogen and oxygen atoms in total. The Kier molecular flexibility index (Phi) is 6.98. The van der Waals surface area contributed by atoms with Crippen LogP contribution in [0.15, 0.2) is 24.3 Å². The van der Waals surface area contributed by atoms with Gasteiger partial charge in [-0.15, -0.1) is 24.8 Å². The smallest absolute Gasteiger partial charge is 0.230 e. The van der Waals surface area contributed by atoms with Crippen LogP contribution in [-0.4, -0.2) is 32.6 Å². The van der Waals surface area contributed by atoms with E-state index in [-0.39, 0.29) is 36.6 Å². The summed E-state index contributed by atoms with van der Waals surface area (Å²) in [5, 5.41) is 0. The van der Waals surface area contributed by atoms with Gasteiger partial charge in [-0.05, 0) is 37.4 Å². The quantitative estimate of drug-likeness (QED) is 0.896. The van der Waals surface area contributed by atoms with Crippen LogP contribution >= 0.6 is 24.8 Å². The predicted octanol–water partition coefficient (Wildman–Crippen LogP) is 2.69. The third kappa shape index (κ3) is 3.34. The van der Waals surface area contributed by atoms with E-state index in [4.69, 9.17) is 5.73 Å². The van der Waals surface area contributed by atoms with E-state index < -0.39 is 0 Å². The van der Waals surface area contributed by atoms with Gasteiger partial charge in [-0.1, -0.05) is 18.6 Å². The lowest BCUT2D eigenvalue weighted by molar-refractivity contribution is -0.123. The molecule has 1 fully saturated rings. The average molecular weight is 346 g/mol. The number of para-hydroxylation sites is 2. The van der Waals surface area contributed by atoms with Crippen LogP contribution in [-0.2, 0) is 4.79 Å². The fraction of sp³-hybridized carbons (Fsp3) is 0.562. The SMILES string of the molecule is CN1CCN(C(=O)[C@@H]2CCC[C@@H]2CN)c2ccccc21.Cl.Cl. The van der Waals surface area contributed by atoms with Crippen molar-refractivity contribution in [2.45, 2.75) is 19.3 Å². The Hall–Kier alpha value is -0.970. The lowest BCUT2D eigenvalue weighted by atomic mass is 9.94. The molecular formula is C16H25Cl2N3O. The van der Waals surface area contributed by atoms with E-state index in [1.807, 2.05) is 17.0 Å². The topological polar surface area (TPSA) is 49.6 Å². The highest BCUT2D eigenvalue weighted by Gasteiger charge is 2.36. The lowest BCUT2D eigenvalue weighted by Crippen LogP contribution is -2.46. The van der Waals surface area contributed by atoms with E-state index >= 15 is 0 Å². The molecule has 3 rings (SSSR count). The number of benzene rings is 1. The van der Waals surface area contributed by atoms with Crippen molar-refractivity contribution in [3.05, 3.63) is 24.3 Å². The zero-order valence-electron chi connectivity index (χ0n) is 12.9. The maximum Gasteiger partial charge on any atom is 0.230 e.